The second kappa shape index (κ2) is 4.19. The van der Waals surface area contributed by atoms with E-state index in [-0.39, 0.29) is 6.04 Å². The van der Waals surface area contributed by atoms with Crippen LogP contribution in [0.5, 0.6) is 0 Å². The van der Waals surface area contributed by atoms with Crippen molar-refractivity contribution in [3.8, 4) is 10.8 Å². The molecule has 0 fully saturated rings. The van der Waals surface area contributed by atoms with E-state index in [1.165, 1.54) is 16.9 Å². The summed E-state index contributed by atoms with van der Waals surface area (Å²) in [6, 6.07) is 8.00. The first kappa shape index (κ1) is 11.4. The molecule has 0 aliphatic carbocycles. The molecule has 5 heteroatoms. The summed E-state index contributed by atoms with van der Waals surface area (Å²) in [7, 11) is 0. The summed E-state index contributed by atoms with van der Waals surface area (Å²) >= 11 is 1.47. The molecule has 0 bridgehead atoms. The van der Waals surface area contributed by atoms with E-state index in [4.69, 9.17) is 10.2 Å². The number of nitrogens with two attached hydrogens (primary N) is 1. The number of nitrogens with zero attached hydrogens (tertiary/aromatic N) is 2. The number of aromatic nitrogens is 2. The molecule has 1 unspecified atom stereocenters. The molecule has 2 heterocycles. The minimum absolute atomic E-state index is 0.0946. The molecule has 3 aromatic rings. The van der Waals surface area contributed by atoms with Gasteiger partial charge in [0.15, 0.2) is 10.8 Å². The number of rotatable bonds is 2. The Hall–Kier alpha value is -1.72. The molecule has 92 valence electrons. The van der Waals surface area contributed by atoms with Gasteiger partial charge < -0.3 is 10.2 Å². The molecule has 3 rings (SSSR count). The SMILES string of the molecule is Cc1ccc2oc(-c3nnc(C(C)N)s3)cc2c1. The highest BCUT2D eigenvalue weighted by Crippen LogP contribution is 2.31. The van der Waals surface area contributed by atoms with Crippen molar-refractivity contribution in [2.75, 3.05) is 0 Å². The molecule has 1 atom stereocenters. The highest BCUT2D eigenvalue weighted by molar-refractivity contribution is 7.14. The standard InChI is InChI=1S/C13H13N3OS/c1-7-3-4-10-9(5-7)6-11(17-10)13-16-15-12(18-13)8(2)14/h3-6,8H,14H2,1-2H3. The van der Waals surface area contributed by atoms with E-state index < -0.39 is 0 Å². The fourth-order valence-corrected chi connectivity index (χ4v) is 2.53. The normalized spacial score (nSPS) is 13.1. The Morgan fingerprint density at radius 1 is 1.28 bits per heavy atom. The van der Waals surface area contributed by atoms with E-state index in [0.717, 1.165) is 26.7 Å². The predicted octanol–water partition coefficient (Wildman–Crippen LogP) is 3.28. The monoisotopic (exact) mass is 259 g/mol. The van der Waals surface area contributed by atoms with Crippen LogP contribution in [0.1, 0.15) is 23.5 Å². The van der Waals surface area contributed by atoms with E-state index in [9.17, 15) is 0 Å². The third-order valence-corrected chi connectivity index (χ3v) is 3.85. The lowest BCUT2D eigenvalue weighted by molar-refractivity contribution is 0.629. The zero-order valence-electron chi connectivity index (χ0n) is 10.2. The lowest BCUT2D eigenvalue weighted by atomic mass is 10.2. The largest absolute Gasteiger partial charge is 0.453 e. The summed E-state index contributed by atoms with van der Waals surface area (Å²) in [6.07, 6.45) is 0. The Morgan fingerprint density at radius 3 is 2.83 bits per heavy atom. The zero-order valence-corrected chi connectivity index (χ0v) is 11.0. The van der Waals surface area contributed by atoms with Crippen LogP contribution in [-0.4, -0.2) is 10.2 Å². The number of hydrogen-bond acceptors (Lipinski definition) is 5. The molecule has 0 saturated carbocycles. The van der Waals surface area contributed by atoms with E-state index in [0.29, 0.717) is 0 Å². The maximum absolute atomic E-state index is 5.78. The van der Waals surface area contributed by atoms with Crippen LogP contribution in [0.2, 0.25) is 0 Å². The lowest BCUT2D eigenvalue weighted by Gasteiger charge is -1.93. The summed E-state index contributed by atoms with van der Waals surface area (Å²) in [5.74, 6) is 0.750. The summed E-state index contributed by atoms with van der Waals surface area (Å²) in [4.78, 5) is 0. The van der Waals surface area contributed by atoms with E-state index in [1.807, 2.05) is 25.1 Å². The van der Waals surface area contributed by atoms with Gasteiger partial charge in [0, 0.05) is 5.39 Å². The molecule has 2 N–H and O–H groups in total. The lowest BCUT2D eigenvalue weighted by Crippen LogP contribution is -2.03. The van der Waals surface area contributed by atoms with Gasteiger partial charge in [0.2, 0.25) is 0 Å². The van der Waals surface area contributed by atoms with Crippen molar-refractivity contribution in [2.45, 2.75) is 19.9 Å². The Labute approximate surface area is 108 Å². The quantitative estimate of drug-likeness (QED) is 0.767. The molecule has 0 aliphatic heterocycles. The van der Waals surface area contributed by atoms with Gasteiger partial charge in [-0.15, -0.1) is 10.2 Å². The molecule has 4 nitrogen and oxygen atoms in total. The number of furan rings is 1. The fraction of sp³-hybridized carbons (Fsp3) is 0.231. The summed E-state index contributed by atoms with van der Waals surface area (Å²) in [5, 5.41) is 10.9. The van der Waals surface area contributed by atoms with Gasteiger partial charge in [-0.05, 0) is 32.0 Å². The number of fused-ring (bicyclic) bond motifs is 1. The highest BCUT2D eigenvalue weighted by Gasteiger charge is 2.13. The van der Waals surface area contributed by atoms with E-state index >= 15 is 0 Å². The van der Waals surface area contributed by atoms with Crippen LogP contribution in [0, 0.1) is 6.92 Å². The Morgan fingerprint density at radius 2 is 2.11 bits per heavy atom. The fourth-order valence-electron chi connectivity index (χ4n) is 1.79. The van der Waals surface area contributed by atoms with Crippen LogP contribution >= 0.6 is 11.3 Å². The smallest absolute Gasteiger partial charge is 0.183 e. The van der Waals surface area contributed by atoms with Crippen LogP contribution in [0.25, 0.3) is 21.7 Å². The molecular formula is C13H13N3OS. The zero-order chi connectivity index (χ0) is 12.7. The Bertz CT molecular complexity index is 699. The van der Waals surface area contributed by atoms with Gasteiger partial charge >= 0.3 is 0 Å². The second-order valence-electron chi connectivity index (χ2n) is 4.39. The molecule has 0 amide bonds. The number of aryl methyl sites for hydroxylation is 1. The first-order chi connectivity index (χ1) is 8.63. The molecule has 1 aromatic carbocycles. The maximum Gasteiger partial charge on any atom is 0.183 e. The molecule has 0 spiro atoms. The van der Waals surface area contributed by atoms with Crippen molar-refractivity contribution in [2.24, 2.45) is 5.73 Å². The van der Waals surface area contributed by atoms with Gasteiger partial charge in [0.25, 0.3) is 0 Å². The Balaban J connectivity index is 2.07. The molecule has 0 saturated heterocycles. The average Bonchev–Trinajstić information content (AvgIpc) is 2.93. The van der Waals surface area contributed by atoms with Crippen LogP contribution in [0.4, 0.5) is 0 Å². The van der Waals surface area contributed by atoms with Crippen LogP contribution in [0.15, 0.2) is 28.7 Å². The average molecular weight is 259 g/mol. The van der Waals surface area contributed by atoms with Gasteiger partial charge in [-0.25, -0.2) is 0 Å². The van der Waals surface area contributed by atoms with Crippen LogP contribution in [-0.2, 0) is 0 Å². The molecule has 18 heavy (non-hydrogen) atoms. The van der Waals surface area contributed by atoms with Gasteiger partial charge in [0.05, 0.1) is 6.04 Å². The van der Waals surface area contributed by atoms with Crippen molar-refractivity contribution in [3.05, 3.63) is 34.8 Å². The first-order valence-corrected chi connectivity index (χ1v) is 6.54. The third-order valence-electron chi connectivity index (χ3n) is 2.71. The molecule has 2 aromatic heterocycles. The van der Waals surface area contributed by atoms with Crippen molar-refractivity contribution in [1.82, 2.24) is 10.2 Å². The minimum atomic E-state index is -0.0946. The minimum Gasteiger partial charge on any atom is -0.453 e. The summed E-state index contributed by atoms with van der Waals surface area (Å²) < 4.78 is 5.77. The topological polar surface area (TPSA) is 64.9 Å². The third kappa shape index (κ3) is 1.91. The van der Waals surface area contributed by atoms with Crippen molar-refractivity contribution in [3.63, 3.8) is 0 Å². The number of hydrogen-bond donors (Lipinski definition) is 1. The van der Waals surface area contributed by atoms with Crippen molar-refractivity contribution < 1.29 is 4.42 Å². The van der Waals surface area contributed by atoms with Gasteiger partial charge in [-0.2, -0.15) is 0 Å². The molecular weight excluding hydrogens is 246 g/mol. The second-order valence-corrected chi connectivity index (χ2v) is 5.40. The summed E-state index contributed by atoms with van der Waals surface area (Å²) in [5.41, 5.74) is 7.86. The van der Waals surface area contributed by atoms with Gasteiger partial charge in [-0.3, -0.25) is 0 Å². The van der Waals surface area contributed by atoms with Crippen LogP contribution < -0.4 is 5.73 Å². The van der Waals surface area contributed by atoms with Gasteiger partial charge in [-0.1, -0.05) is 23.0 Å². The summed E-state index contributed by atoms with van der Waals surface area (Å²) in [6.45, 7) is 3.96. The van der Waals surface area contributed by atoms with Gasteiger partial charge in [0.1, 0.15) is 10.6 Å². The maximum atomic E-state index is 5.78. The van der Waals surface area contributed by atoms with Crippen molar-refractivity contribution in [1.29, 1.82) is 0 Å². The van der Waals surface area contributed by atoms with Crippen LogP contribution in [0.3, 0.4) is 0 Å². The molecule has 0 aliphatic rings. The molecule has 0 radical (unpaired) electrons. The predicted molar refractivity (Wildman–Crippen MR) is 72.5 cm³/mol. The number of benzene rings is 1. The van der Waals surface area contributed by atoms with E-state index in [2.05, 4.69) is 23.2 Å². The first-order valence-electron chi connectivity index (χ1n) is 5.73. The van der Waals surface area contributed by atoms with Crippen molar-refractivity contribution >= 4 is 22.3 Å². The highest BCUT2D eigenvalue weighted by atomic mass is 32.1. The Kier molecular flexibility index (Phi) is 2.65. The van der Waals surface area contributed by atoms with E-state index in [1.54, 1.807) is 0 Å².